The molecule has 5 N–H and O–H groups in total. The molecule has 0 atom stereocenters. The number of ether oxygens (including phenoxy) is 1. The fraction of sp³-hybridized carbons (Fsp3) is 0. The number of hydrazine groups is 1. The van der Waals surface area contributed by atoms with Crippen LogP contribution in [-0.2, 0) is 0 Å². The first-order chi connectivity index (χ1) is 5.74. The van der Waals surface area contributed by atoms with Crippen LogP contribution < -0.4 is 21.7 Å². The molecule has 0 aliphatic heterocycles. The summed E-state index contributed by atoms with van der Waals surface area (Å²) in [5, 5.41) is 0. The van der Waals surface area contributed by atoms with Gasteiger partial charge in [-0.25, -0.2) is 10.6 Å². The van der Waals surface area contributed by atoms with Crippen molar-refractivity contribution in [2.24, 2.45) is 5.84 Å². The van der Waals surface area contributed by atoms with Gasteiger partial charge in [0.2, 0.25) is 0 Å². The van der Waals surface area contributed by atoms with Gasteiger partial charge in [0.25, 0.3) is 0 Å². The van der Waals surface area contributed by atoms with Gasteiger partial charge in [-0.1, -0.05) is 12.1 Å². The van der Waals surface area contributed by atoms with Crippen LogP contribution in [0.1, 0.15) is 0 Å². The largest absolute Gasteiger partial charge is 0.426 e. The summed E-state index contributed by atoms with van der Waals surface area (Å²) in [6.45, 7) is 0. The van der Waals surface area contributed by atoms with E-state index in [9.17, 15) is 4.79 Å². The number of nitrogens with one attached hydrogen (secondary N) is 1. The summed E-state index contributed by atoms with van der Waals surface area (Å²) in [4.78, 5) is 10.6. The lowest BCUT2D eigenvalue weighted by molar-refractivity contribution is 0.201. The van der Waals surface area contributed by atoms with Crippen molar-refractivity contribution < 1.29 is 9.53 Å². The molecule has 0 heterocycles. The molecule has 0 saturated carbocycles. The maximum absolute atomic E-state index is 10.6. The number of carbonyl (C=O) groups excluding carboxylic acids is 1. The summed E-state index contributed by atoms with van der Waals surface area (Å²) in [7, 11) is 0. The van der Waals surface area contributed by atoms with E-state index in [1.807, 2.05) is 5.43 Å². The van der Waals surface area contributed by atoms with Gasteiger partial charge >= 0.3 is 6.09 Å². The number of amides is 1. The van der Waals surface area contributed by atoms with Gasteiger partial charge in [0.1, 0.15) is 0 Å². The van der Waals surface area contributed by atoms with Gasteiger partial charge in [-0.2, -0.15) is 0 Å². The van der Waals surface area contributed by atoms with E-state index in [2.05, 4.69) is 0 Å². The molecule has 0 aliphatic rings. The van der Waals surface area contributed by atoms with Gasteiger partial charge in [-0.05, 0) is 12.1 Å². The van der Waals surface area contributed by atoms with E-state index in [1.165, 1.54) is 0 Å². The fourth-order valence-electron chi connectivity index (χ4n) is 0.703. The van der Waals surface area contributed by atoms with Crippen LogP contribution in [0.3, 0.4) is 0 Å². The van der Waals surface area contributed by atoms with Crippen molar-refractivity contribution in [3.8, 4) is 5.75 Å². The molecule has 0 radical (unpaired) electrons. The first-order valence-electron chi connectivity index (χ1n) is 3.27. The van der Waals surface area contributed by atoms with Crippen LogP contribution in [0.15, 0.2) is 24.3 Å². The first-order valence-corrected chi connectivity index (χ1v) is 3.27. The molecule has 0 aromatic heterocycles. The van der Waals surface area contributed by atoms with Gasteiger partial charge in [0.05, 0.1) is 5.69 Å². The van der Waals surface area contributed by atoms with Crippen LogP contribution in [0.2, 0.25) is 0 Å². The first kappa shape index (κ1) is 8.35. The second-order valence-corrected chi connectivity index (χ2v) is 2.07. The fourth-order valence-corrected chi connectivity index (χ4v) is 0.703. The molecule has 0 unspecified atom stereocenters. The second kappa shape index (κ2) is 3.59. The van der Waals surface area contributed by atoms with E-state index in [0.29, 0.717) is 11.4 Å². The normalized spacial score (nSPS) is 9.08. The Kier molecular flexibility index (Phi) is 2.49. The van der Waals surface area contributed by atoms with E-state index in [0.717, 1.165) is 0 Å². The maximum atomic E-state index is 10.6. The van der Waals surface area contributed by atoms with Gasteiger partial charge in [-0.15, -0.1) is 0 Å². The quantitative estimate of drug-likeness (QED) is 0.242. The van der Waals surface area contributed by atoms with Gasteiger partial charge in [-0.3, -0.25) is 5.43 Å². The summed E-state index contributed by atoms with van der Waals surface area (Å²) in [6.07, 6.45) is -0.743. The third-order valence-corrected chi connectivity index (χ3v) is 1.24. The number of carbonyl (C=O) groups is 1. The van der Waals surface area contributed by atoms with E-state index < -0.39 is 6.09 Å². The Hall–Kier alpha value is -1.75. The number of nitrogen functional groups attached to an aromatic ring is 1. The average molecular weight is 167 g/mol. The highest BCUT2D eigenvalue weighted by Crippen LogP contribution is 2.19. The van der Waals surface area contributed by atoms with Gasteiger partial charge in [0, 0.05) is 0 Å². The van der Waals surface area contributed by atoms with Crippen LogP contribution in [0.5, 0.6) is 5.75 Å². The number of rotatable bonds is 1. The molecule has 0 aliphatic carbocycles. The molecule has 1 amide bonds. The molecule has 1 aromatic rings. The van der Waals surface area contributed by atoms with Crippen LogP contribution in [-0.4, -0.2) is 6.09 Å². The predicted octanol–water partition coefficient (Wildman–Crippen LogP) is 0.231. The topological polar surface area (TPSA) is 90.4 Å². The van der Waals surface area contributed by atoms with Crippen molar-refractivity contribution in [2.45, 2.75) is 0 Å². The number of hydrogen-bond acceptors (Lipinski definition) is 4. The SMILES string of the molecule is NNC(=O)Oc1ccccc1N. The summed E-state index contributed by atoms with van der Waals surface area (Å²) in [5.41, 5.74) is 7.69. The lowest BCUT2D eigenvalue weighted by atomic mass is 10.3. The third-order valence-electron chi connectivity index (χ3n) is 1.24. The number of para-hydroxylation sites is 2. The van der Waals surface area contributed by atoms with E-state index in [1.54, 1.807) is 24.3 Å². The van der Waals surface area contributed by atoms with Crippen molar-refractivity contribution in [3.05, 3.63) is 24.3 Å². The monoisotopic (exact) mass is 167 g/mol. The molecule has 64 valence electrons. The number of hydrogen-bond donors (Lipinski definition) is 3. The zero-order chi connectivity index (χ0) is 8.97. The zero-order valence-electron chi connectivity index (χ0n) is 6.28. The summed E-state index contributed by atoms with van der Waals surface area (Å²) in [6, 6.07) is 6.64. The minimum absolute atomic E-state index is 0.292. The van der Waals surface area contributed by atoms with Crippen LogP contribution in [0, 0.1) is 0 Å². The average Bonchev–Trinajstić information content (AvgIpc) is 2.09. The Labute approximate surface area is 69.3 Å². The molecule has 1 aromatic carbocycles. The summed E-state index contributed by atoms with van der Waals surface area (Å²) < 4.78 is 4.69. The standard InChI is InChI=1S/C7H9N3O2/c8-5-3-1-2-4-6(5)12-7(11)10-9/h1-4H,8-9H2,(H,10,11). The van der Waals surface area contributed by atoms with Crippen LogP contribution in [0.25, 0.3) is 0 Å². The Morgan fingerprint density at radius 2 is 2.08 bits per heavy atom. The molecule has 5 nitrogen and oxygen atoms in total. The number of nitrogens with two attached hydrogens (primary N) is 2. The Morgan fingerprint density at radius 3 is 2.67 bits per heavy atom. The lowest BCUT2D eigenvalue weighted by Gasteiger charge is -2.04. The molecule has 12 heavy (non-hydrogen) atoms. The Morgan fingerprint density at radius 1 is 1.42 bits per heavy atom. The minimum Gasteiger partial charge on any atom is -0.407 e. The molecule has 1 rings (SSSR count). The van der Waals surface area contributed by atoms with Crippen LogP contribution in [0.4, 0.5) is 10.5 Å². The smallest absolute Gasteiger partial charge is 0.407 e. The van der Waals surface area contributed by atoms with Gasteiger partial charge < -0.3 is 10.5 Å². The van der Waals surface area contributed by atoms with E-state index in [-0.39, 0.29) is 0 Å². The summed E-state index contributed by atoms with van der Waals surface area (Å²) in [5.74, 6) is 5.10. The highest BCUT2D eigenvalue weighted by Gasteiger charge is 2.03. The molecule has 0 saturated heterocycles. The predicted molar refractivity (Wildman–Crippen MR) is 44.2 cm³/mol. The van der Waals surface area contributed by atoms with Crippen LogP contribution >= 0.6 is 0 Å². The second-order valence-electron chi connectivity index (χ2n) is 2.07. The third kappa shape index (κ3) is 1.86. The lowest BCUT2D eigenvalue weighted by Crippen LogP contribution is -2.32. The Balaban J connectivity index is 2.75. The highest BCUT2D eigenvalue weighted by molar-refractivity contribution is 5.72. The van der Waals surface area contributed by atoms with E-state index in [4.69, 9.17) is 16.3 Å². The molecular weight excluding hydrogens is 158 g/mol. The zero-order valence-corrected chi connectivity index (χ0v) is 6.28. The van der Waals surface area contributed by atoms with E-state index >= 15 is 0 Å². The van der Waals surface area contributed by atoms with Gasteiger partial charge in [0.15, 0.2) is 5.75 Å². The van der Waals surface area contributed by atoms with Crippen molar-refractivity contribution in [1.82, 2.24) is 5.43 Å². The molecular formula is C7H9N3O2. The van der Waals surface area contributed by atoms with Crippen molar-refractivity contribution in [3.63, 3.8) is 0 Å². The highest BCUT2D eigenvalue weighted by atomic mass is 16.6. The number of anilines is 1. The minimum atomic E-state index is -0.743. The van der Waals surface area contributed by atoms with Crippen molar-refractivity contribution in [1.29, 1.82) is 0 Å². The molecule has 0 spiro atoms. The molecule has 0 fully saturated rings. The maximum Gasteiger partial charge on any atom is 0.426 e. The van der Waals surface area contributed by atoms with Crippen molar-refractivity contribution >= 4 is 11.8 Å². The number of benzene rings is 1. The summed E-state index contributed by atoms with van der Waals surface area (Å²) >= 11 is 0. The Bertz CT molecular complexity index is 288. The molecule has 5 heteroatoms. The molecule has 0 bridgehead atoms. The van der Waals surface area contributed by atoms with Crippen molar-refractivity contribution in [2.75, 3.05) is 5.73 Å².